The van der Waals surface area contributed by atoms with Gasteiger partial charge < -0.3 is 21.1 Å². The van der Waals surface area contributed by atoms with E-state index in [2.05, 4.69) is 27.5 Å². The van der Waals surface area contributed by atoms with Crippen molar-refractivity contribution in [3.05, 3.63) is 36.2 Å². The van der Waals surface area contributed by atoms with Gasteiger partial charge in [0.2, 0.25) is 0 Å². The van der Waals surface area contributed by atoms with Crippen LogP contribution in [-0.4, -0.2) is 23.6 Å². The molecule has 1 aromatic heterocycles. The molecule has 0 unspecified atom stereocenters. The van der Waals surface area contributed by atoms with Gasteiger partial charge in [-0.1, -0.05) is 25.5 Å². The lowest BCUT2D eigenvalue weighted by atomic mass is 10.2. The molecule has 22 heavy (non-hydrogen) atoms. The summed E-state index contributed by atoms with van der Waals surface area (Å²) in [6, 6.07) is 7.86. The normalized spacial score (nSPS) is 10.3. The Labute approximate surface area is 131 Å². The molecule has 2 rings (SSSR count). The second kappa shape index (κ2) is 8.07. The smallest absolute Gasteiger partial charge is 0.155 e. The predicted molar refractivity (Wildman–Crippen MR) is 90.2 cm³/mol. The molecule has 1 heterocycles. The summed E-state index contributed by atoms with van der Waals surface area (Å²) in [6.45, 7) is 3.64. The van der Waals surface area contributed by atoms with Gasteiger partial charge in [-0.15, -0.1) is 0 Å². The Hall–Kier alpha value is -2.50. The number of hydrogen-bond donors (Lipinski definition) is 3. The van der Waals surface area contributed by atoms with Gasteiger partial charge in [-0.2, -0.15) is 0 Å². The van der Waals surface area contributed by atoms with Crippen LogP contribution in [0.3, 0.4) is 0 Å². The van der Waals surface area contributed by atoms with Crippen LogP contribution in [0.2, 0.25) is 0 Å². The summed E-state index contributed by atoms with van der Waals surface area (Å²) in [4.78, 5) is 8.39. The lowest BCUT2D eigenvalue weighted by Gasteiger charge is -2.12. The summed E-state index contributed by atoms with van der Waals surface area (Å²) in [5, 5.41) is 6.48. The number of nitrogen functional groups attached to an aromatic ring is 1. The van der Waals surface area contributed by atoms with Crippen LogP contribution < -0.4 is 21.1 Å². The number of ether oxygens (including phenoxy) is 1. The first-order chi connectivity index (χ1) is 10.7. The largest absolute Gasteiger partial charge is 0.497 e. The summed E-state index contributed by atoms with van der Waals surface area (Å²) >= 11 is 0. The van der Waals surface area contributed by atoms with Crippen LogP contribution in [0.5, 0.6) is 5.75 Å². The van der Waals surface area contributed by atoms with Gasteiger partial charge in [0.1, 0.15) is 17.8 Å². The van der Waals surface area contributed by atoms with E-state index in [-0.39, 0.29) is 0 Å². The minimum absolute atomic E-state index is 0.548. The molecular formula is C16H23N5O. The highest BCUT2D eigenvalue weighted by atomic mass is 16.5. The predicted octanol–water partition coefficient (Wildman–Crippen LogP) is 2.89. The molecule has 0 saturated carbocycles. The van der Waals surface area contributed by atoms with E-state index in [1.165, 1.54) is 6.33 Å². The molecule has 0 fully saturated rings. The van der Waals surface area contributed by atoms with Gasteiger partial charge in [0, 0.05) is 13.1 Å². The molecule has 6 heteroatoms. The van der Waals surface area contributed by atoms with Gasteiger partial charge in [-0.05, 0) is 24.1 Å². The zero-order chi connectivity index (χ0) is 15.8. The van der Waals surface area contributed by atoms with Crippen molar-refractivity contribution in [2.24, 2.45) is 0 Å². The molecule has 2 aromatic rings. The Morgan fingerprint density at radius 3 is 2.41 bits per heavy atom. The summed E-state index contributed by atoms with van der Waals surface area (Å²) in [5.74, 6) is 2.17. The fourth-order valence-electron chi connectivity index (χ4n) is 1.99. The maximum Gasteiger partial charge on any atom is 0.155 e. The highest BCUT2D eigenvalue weighted by Crippen LogP contribution is 2.23. The number of hydrogen-bond acceptors (Lipinski definition) is 6. The molecule has 0 aliphatic carbocycles. The zero-order valence-corrected chi connectivity index (χ0v) is 13.1. The molecule has 0 aliphatic rings. The Morgan fingerprint density at radius 2 is 1.77 bits per heavy atom. The van der Waals surface area contributed by atoms with Crippen molar-refractivity contribution in [3.63, 3.8) is 0 Å². The number of benzene rings is 1. The summed E-state index contributed by atoms with van der Waals surface area (Å²) in [6.07, 6.45) is 3.72. The average Bonchev–Trinajstić information content (AvgIpc) is 2.56. The molecule has 118 valence electrons. The zero-order valence-electron chi connectivity index (χ0n) is 13.1. The molecule has 0 saturated heterocycles. The second-order valence-electron chi connectivity index (χ2n) is 4.97. The van der Waals surface area contributed by atoms with Crippen molar-refractivity contribution >= 4 is 17.3 Å². The van der Waals surface area contributed by atoms with Crippen molar-refractivity contribution < 1.29 is 4.74 Å². The standard InChI is InChI=1S/C16H23N5O/c1-3-4-9-18-15-14(17)16(21-11-20-15)19-10-12-5-7-13(22-2)8-6-12/h5-8,11H,3-4,9-10,17H2,1-2H3,(H2,18,19,20,21). The van der Waals surface area contributed by atoms with Crippen LogP contribution in [0.1, 0.15) is 25.3 Å². The van der Waals surface area contributed by atoms with Gasteiger partial charge in [-0.3, -0.25) is 0 Å². The van der Waals surface area contributed by atoms with Crippen molar-refractivity contribution in [1.82, 2.24) is 9.97 Å². The Bertz CT molecular complexity index is 586. The molecule has 6 nitrogen and oxygen atoms in total. The maximum atomic E-state index is 6.11. The molecule has 0 spiro atoms. The third-order valence-corrected chi connectivity index (χ3v) is 3.33. The monoisotopic (exact) mass is 301 g/mol. The fraction of sp³-hybridized carbons (Fsp3) is 0.375. The molecule has 0 amide bonds. The third-order valence-electron chi connectivity index (χ3n) is 3.33. The van der Waals surface area contributed by atoms with E-state index in [1.807, 2.05) is 24.3 Å². The third kappa shape index (κ3) is 4.25. The number of unbranched alkanes of at least 4 members (excludes halogenated alkanes) is 1. The van der Waals surface area contributed by atoms with E-state index in [9.17, 15) is 0 Å². The van der Waals surface area contributed by atoms with E-state index >= 15 is 0 Å². The molecule has 0 atom stereocenters. The number of rotatable bonds is 8. The minimum atomic E-state index is 0.548. The number of nitrogens with zero attached hydrogens (tertiary/aromatic N) is 2. The maximum absolute atomic E-state index is 6.11. The van der Waals surface area contributed by atoms with Crippen LogP contribution >= 0.6 is 0 Å². The van der Waals surface area contributed by atoms with Gasteiger partial charge >= 0.3 is 0 Å². The lowest BCUT2D eigenvalue weighted by molar-refractivity contribution is 0.414. The van der Waals surface area contributed by atoms with Gasteiger partial charge in [-0.25, -0.2) is 9.97 Å². The number of nitrogens with two attached hydrogens (primary N) is 1. The first-order valence-corrected chi connectivity index (χ1v) is 7.45. The summed E-state index contributed by atoms with van der Waals surface area (Å²) < 4.78 is 5.14. The van der Waals surface area contributed by atoms with E-state index in [4.69, 9.17) is 10.5 Å². The Balaban J connectivity index is 1.98. The quantitative estimate of drug-likeness (QED) is 0.650. The first-order valence-electron chi connectivity index (χ1n) is 7.45. The molecule has 0 bridgehead atoms. The molecular weight excluding hydrogens is 278 g/mol. The number of anilines is 3. The highest BCUT2D eigenvalue weighted by Gasteiger charge is 2.07. The molecule has 1 aromatic carbocycles. The number of methoxy groups -OCH3 is 1. The van der Waals surface area contributed by atoms with Crippen LogP contribution in [0.15, 0.2) is 30.6 Å². The van der Waals surface area contributed by atoms with Gasteiger partial charge in [0.25, 0.3) is 0 Å². The molecule has 0 radical (unpaired) electrons. The Kier molecular flexibility index (Phi) is 5.82. The summed E-state index contributed by atoms with van der Waals surface area (Å²) in [5.41, 5.74) is 7.78. The molecule has 0 aliphatic heterocycles. The van der Waals surface area contributed by atoms with Crippen molar-refractivity contribution in [2.75, 3.05) is 30.0 Å². The minimum Gasteiger partial charge on any atom is -0.497 e. The number of aromatic nitrogens is 2. The number of nitrogens with one attached hydrogen (secondary N) is 2. The first kappa shape index (κ1) is 15.9. The summed E-state index contributed by atoms with van der Waals surface area (Å²) in [7, 11) is 1.65. The van der Waals surface area contributed by atoms with Crippen LogP contribution in [0, 0.1) is 0 Å². The van der Waals surface area contributed by atoms with E-state index in [1.54, 1.807) is 7.11 Å². The Morgan fingerprint density at radius 1 is 1.09 bits per heavy atom. The fourth-order valence-corrected chi connectivity index (χ4v) is 1.99. The van der Waals surface area contributed by atoms with Crippen molar-refractivity contribution in [1.29, 1.82) is 0 Å². The van der Waals surface area contributed by atoms with Crippen LogP contribution in [-0.2, 0) is 6.54 Å². The van der Waals surface area contributed by atoms with Gasteiger partial charge in [0.05, 0.1) is 7.11 Å². The van der Waals surface area contributed by atoms with Crippen molar-refractivity contribution in [3.8, 4) is 5.75 Å². The van der Waals surface area contributed by atoms with Crippen molar-refractivity contribution in [2.45, 2.75) is 26.3 Å². The highest BCUT2D eigenvalue weighted by molar-refractivity contribution is 5.73. The van der Waals surface area contributed by atoms with Gasteiger partial charge in [0.15, 0.2) is 11.6 Å². The van der Waals surface area contributed by atoms with Crippen LogP contribution in [0.4, 0.5) is 17.3 Å². The topological polar surface area (TPSA) is 85.1 Å². The van der Waals surface area contributed by atoms with E-state index in [0.717, 1.165) is 30.7 Å². The van der Waals surface area contributed by atoms with E-state index < -0.39 is 0 Å². The molecule has 4 N–H and O–H groups in total. The second-order valence-corrected chi connectivity index (χ2v) is 4.97. The lowest BCUT2D eigenvalue weighted by Crippen LogP contribution is -2.10. The van der Waals surface area contributed by atoms with E-state index in [0.29, 0.717) is 23.9 Å². The average molecular weight is 301 g/mol. The SMILES string of the molecule is CCCCNc1ncnc(NCc2ccc(OC)cc2)c1N. The van der Waals surface area contributed by atoms with Crippen LogP contribution in [0.25, 0.3) is 0 Å².